The molecule has 0 amide bonds. The molecule has 2 aliphatic heterocycles. The van der Waals surface area contributed by atoms with E-state index in [0.717, 1.165) is 19.5 Å². The molecule has 0 aliphatic carbocycles. The topological polar surface area (TPSA) is 35.5 Å². The van der Waals surface area contributed by atoms with Crippen LogP contribution < -0.4 is 5.32 Å². The summed E-state index contributed by atoms with van der Waals surface area (Å²) in [5.41, 5.74) is 0.0434. The van der Waals surface area contributed by atoms with E-state index in [1.54, 1.807) is 0 Å². The summed E-state index contributed by atoms with van der Waals surface area (Å²) in [5.74, 6) is 0.672. The van der Waals surface area contributed by atoms with Gasteiger partial charge in [0.2, 0.25) is 0 Å². The standard InChI is InChI=1S/C10H20N2O/c1-2-11-10(8-13)4-6-12-5-3-9(10)7-12/h9,11,13H,2-8H2,1H3. The molecule has 3 atom stereocenters. The van der Waals surface area contributed by atoms with E-state index in [9.17, 15) is 5.11 Å². The summed E-state index contributed by atoms with van der Waals surface area (Å²) in [7, 11) is 0. The molecule has 2 heterocycles. The number of hydrogen-bond donors (Lipinski definition) is 2. The van der Waals surface area contributed by atoms with Gasteiger partial charge in [0.05, 0.1) is 6.61 Å². The SMILES string of the molecule is CCNC1(CO)CCN2CCC1C2. The van der Waals surface area contributed by atoms with Gasteiger partial charge >= 0.3 is 0 Å². The van der Waals surface area contributed by atoms with Gasteiger partial charge in [0.1, 0.15) is 0 Å². The minimum absolute atomic E-state index is 0.0434. The highest BCUT2D eigenvalue weighted by Gasteiger charge is 2.44. The average Bonchev–Trinajstić information content (AvgIpc) is 2.56. The number of aliphatic hydroxyl groups is 1. The van der Waals surface area contributed by atoms with E-state index in [1.807, 2.05) is 0 Å². The predicted molar refractivity (Wildman–Crippen MR) is 52.7 cm³/mol. The molecule has 3 heteroatoms. The molecule has 2 bridgehead atoms. The predicted octanol–water partition coefficient (Wildman–Crippen LogP) is 0.0526. The van der Waals surface area contributed by atoms with Crippen LogP contribution in [-0.2, 0) is 0 Å². The number of hydrogen-bond acceptors (Lipinski definition) is 3. The van der Waals surface area contributed by atoms with Crippen molar-refractivity contribution < 1.29 is 5.11 Å². The minimum Gasteiger partial charge on any atom is -0.394 e. The summed E-state index contributed by atoms with van der Waals surface area (Å²) in [6, 6.07) is 0. The molecule has 0 spiro atoms. The maximum atomic E-state index is 9.51. The maximum Gasteiger partial charge on any atom is 0.0617 e. The first-order valence-electron chi connectivity index (χ1n) is 5.39. The first-order chi connectivity index (χ1) is 6.30. The van der Waals surface area contributed by atoms with Crippen LogP contribution >= 0.6 is 0 Å². The summed E-state index contributed by atoms with van der Waals surface area (Å²) < 4.78 is 0. The number of piperidine rings is 1. The molecule has 0 saturated carbocycles. The van der Waals surface area contributed by atoms with Crippen LogP contribution in [0.2, 0.25) is 0 Å². The molecule has 2 fully saturated rings. The summed E-state index contributed by atoms with van der Waals surface area (Å²) >= 11 is 0. The van der Waals surface area contributed by atoms with E-state index >= 15 is 0 Å². The van der Waals surface area contributed by atoms with Crippen LogP contribution in [-0.4, -0.2) is 48.3 Å². The zero-order chi connectivity index (χ0) is 9.31. The number of rotatable bonds is 3. The van der Waals surface area contributed by atoms with E-state index in [4.69, 9.17) is 0 Å². The molecule has 76 valence electrons. The molecular formula is C10H20N2O. The highest BCUT2D eigenvalue weighted by Crippen LogP contribution is 2.35. The molecule has 2 saturated heterocycles. The first kappa shape index (κ1) is 9.44. The Balaban J connectivity index is 2.09. The van der Waals surface area contributed by atoms with Crippen LogP contribution in [0.5, 0.6) is 0 Å². The van der Waals surface area contributed by atoms with Crippen molar-refractivity contribution >= 4 is 0 Å². The summed E-state index contributed by atoms with van der Waals surface area (Å²) in [5, 5.41) is 13.0. The molecule has 3 nitrogen and oxygen atoms in total. The second-order valence-corrected chi connectivity index (χ2v) is 4.38. The van der Waals surface area contributed by atoms with Crippen LogP contribution in [0.1, 0.15) is 19.8 Å². The molecule has 2 N–H and O–H groups in total. The van der Waals surface area contributed by atoms with E-state index in [2.05, 4.69) is 17.1 Å². The Kier molecular flexibility index (Phi) is 2.58. The summed E-state index contributed by atoms with van der Waals surface area (Å²) in [4.78, 5) is 2.51. The van der Waals surface area contributed by atoms with E-state index in [1.165, 1.54) is 19.5 Å². The van der Waals surface area contributed by atoms with Crippen LogP contribution in [0.3, 0.4) is 0 Å². The van der Waals surface area contributed by atoms with Crippen LogP contribution in [0, 0.1) is 5.92 Å². The molecule has 0 aromatic heterocycles. The lowest BCUT2D eigenvalue weighted by molar-refractivity contribution is 0.0667. The Morgan fingerprint density at radius 2 is 2.38 bits per heavy atom. The van der Waals surface area contributed by atoms with Gasteiger partial charge in [-0.05, 0) is 38.4 Å². The third-order valence-electron chi connectivity index (χ3n) is 3.74. The monoisotopic (exact) mass is 184 g/mol. The second-order valence-electron chi connectivity index (χ2n) is 4.38. The minimum atomic E-state index is 0.0434. The molecule has 2 rings (SSSR count). The molecular weight excluding hydrogens is 164 g/mol. The molecule has 0 aromatic carbocycles. The van der Waals surface area contributed by atoms with Crippen LogP contribution in [0.25, 0.3) is 0 Å². The summed E-state index contributed by atoms with van der Waals surface area (Å²) in [6.07, 6.45) is 2.37. The fraction of sp³-hybridized carbons (Fsp3) is 1.00. The van der Waals surface area contributed by atoms with Gasteiger partial charge in [0, 0.05) is 12.1 Å². The summed E-state index contributed by atoms with van der Waals surface area (Å²) in [6.45, 7) is 6.98. The number of fused-ring (bicyclic) bond motifs is 2. The van der Waals surface area contributed by atoms with Crippen molar-refractivity contribution in [3.05, 3.63) is 0 Å². The zero-order valence-electron chi connectivity index (χ0n) is 8.42. The van der Waals surface area contributed by atoms with Crippen molar-refractivity contribution in [1.82, 2.24) is 10.2 Å². The normalized spacial score (nSPS) is 43.8. The Bertz CT molecular complexity index is 186. The van der Waals surface area contributed by atoms with Crippen molar-refractivity contribution in [2.75, 3.05) is 32.8 Å². The lowest BCUT2D eigenvalue weighted by Crippen LogP contribution is -2.58. The van der Waals surface area contributed by atoms with Gasteiger partial charge in [-0.3, -0.25) is 0 Å². The van der Waals surface area contributed by atoms with Gasteiger partial charge in [-0.15, -0.1) is 0 Å². The Labute approximate surface area is 80.1 Å². The van der Waals surface area contributed by atoms with Gasteiger partial charge in [0.25, 0.3) is 0 Å². The Hall–Kier alpha value is -0.120. The third-order valence-corrected chi connectivity index (χ3v) is 3.74. The molecule has 0 aromatic rings. The second kappa shape index (κ2) is 3.56. The van der Waals surface area contributed by atoms with Gasteiger partial charge < -0.3 is 15.3 Å². The van der Waals surface area contributed by atoms with Crippen molar-refractivity contribution in [2.45, 2.75) is 25.3 Å². The third kappa shape index (κ3) is 1.49. The Morgan fingerprint density at radius 3 is 3.08 bits per heavy atom. The Morgan fingerprint density at radius 1 is 1.54 bits per heavy atom. The van der Waals surface area contributed by atoms with Crippen LogP contribution in [0.15, 0.2) is 0 Å². The highest BCUT2D eigenvalue weighted by atomic mass is 16.3. The number of likely N-dealkylation sites (N-methyl/N-ethyl adjacent to an activating group) is 1. The molecule has 2 aliphatic rings. The maximum absolute atomic E-state index is 9.51. The fourth-order valence-corrected chi connectivity index (χ4v) is 2.90. The van der Waals surface area contributed by atoms with Crippen molar-refractivity contribution in [1.29, 1.82) is 0 Å². The zero-order valence-corrected chi connectivity index (χ0v) is 8.42. The smallest absolute Gasteiger partial charge is 0.0617 e. The van der Waals surface area contributed by atoms with Gasteiger partial charge in [-0.25, -0.2) is 0 Å². The van der Waals surface area contributed by atoms with Crippen molar-refractivity contribution in [3.8, 4) is 0 Å². The van der Waals surface area contributed by atoms with Crippen molar-refractivity contribution in [3.63, 3.8) is 0 Å². The average molecular weight is 184 g/mol. The lowest BCUT2D eigenvalue weighted by atomic mass is 9.79. The van der Waals surface area contributed by atoms with Gasteiger partial charge in [-0.2, -0.15) is 0 Å². The molecule has 0 radical (unpaired) electrons. The van der Waals surface area contributed by atoms with Gasteiger partial charge in [0.15, 0.2) is 0 Å². The first-order valence-corrected chi connectivity index (χ1v) is 5.39. The number of aliphatic hydroxyl groups excluding tert-OH is 1. The fourth-order valence-electron chi connectivity index (χ4n) is 2.90. The van der Waals surface area contributed by atoms with Crippen molar-refractivity contribution in [2.24, 2.45) is 5.92 Å². The number of nitrogens with zero attached hydrogens (tertiary/aromatic N) is 1. The highest BCUT2D eigenvalue weighted by molar-refractivity contribution is 5.02. The van der Waals surface area contributed by atoms with E-state index in [-0.39, 0.29) is 5.54 Å². The van der Waals surface area contributed by atoms with E-state index in [0.29, 0.717) is 12.5 Å². The van der Waals surface area contributed by atoms with Gasteiger partial charge in [-0.1, -0.05) is 6.92 Å². The molecule has 3 unspecified atom stereocenters. The molecule has 13 heavy (non-hydrogen) atoms. The lowest BCUT2D eigenvalue weighted by Gasteiger charge is -2.42. The van der Waals surface area contributed by atoms with E-state index < -0.39 is 0 Å². The largest absolute Gasteiger partial charge is 0.394 e. The van der Waals surface area contributed by atoms with Crippen LogP contribution in [0.4, 0.5) is 0 Å². The quantitative estimate of drug-likeness (QED) is 0.651. The number of nitrogens with one attached hydrogen (secondary N) is 1.